The largest absolute Gasteiger partial charge is 0.478 e. The lowest BCUT2D eigenvalue weighted by Gasteiger charge is -2.12. The molecule has 0 aliphatic heterocycles. The number of rotatable bonds is 6. The summed E-state index contributed by atoms with van der Waals surface area (Å²) >= 11 is 0. The van der Waals surface area contributed by atoms with E-state index in [1.807, 2.05) is 44.2 Å². The zero-order chi connectivity index (χ0) is 17.2. The average Bonchev–Trinajstić information content (AvgIpc) is 2.61. The van der Waals surface area contributed by atoms with Gasteiger partial charge in [-0.3, -0.25) is 0 Å². The van der Waals surface area contributed by atoms with Gasteiger partial charge in [0, 0.05) is 6.07 Å². The number of amides is 1. The van der Waals surface area contributed by atoms with Crippen molar-refractivity contribution in [2.24, 2.45) is 4.99 Å². The van der Waals surface area contributed by atoms with Crippen molar-refractivity contribution in [1.29, 1.82) is 0 Å². The van der Waals surface area contributed by atoms with Crippen molar-refractivity contribution in [3.63, 3.8) is 0 Å². The maximum atomic E-state index is 11.7. The quantitative estimate of drug-likeness (QED) is 0.764. The van der Waals surface area contributed by atoms with Crippen LogP contribution in [0.15, 0.2) is 59.7 Å². The number of hydrogen-bond acceptors (Lipinski definition) is 4. The molecule has 0 N–H and O–H groups in total. The summed E-state index contributed by atoms with van der Waals surface area (Å²) in [4.78, 5) is 15.6. The molecule has 0 aliphatic carbocycles. The Morgan fingerprint density at radius 2 is 2.12 bits per heavy atom. The summed E-state index contributed by atoms with van der Waals surface area (Å²) in [5.74, 6) is 0.519. The van der Waals surface area contributed by atoms with Gasteiger partial charge in [0.2, 0.25) is 5.88 Å². The summed E-state index contributed by atoms with van der Waals surface area (Å²) in [7, 11) is 0. The highest BCUT2D eigenvalue weighted by Gasteiger charge is 2.06. The fourth-order valence-corrected chi connectivity index (χ4v) is 1.89. The molecule has 6 heteroatoms. The molecule has 0 aliphatic rings. The maximum Gasteiger partial charge on any atom is 0.434 e. The number of para-hydroxylation sites is 1. The van der Waals surface area contributed by atoms with Crippen LogP contribution in [0.2, 0.25) is 0 Å². The first-order valence-corrected chi connectivity index (χ1v) is 7.85. The Labute approximate surface area is 141 Å². The Bertz CT molecular complexity index is 752. The standard InChI is InChI=1S/C18H21N3O3/c1-3-5-12-24-18(22)20-15-13-17(23-11-4-2)21(19-14-15)16-9-7-6-8-10-16/h3,5-10,13-14H,4,11-12H2,1-2H3/b5-3+,20-15+. The number of nitrogens with zero attached hydrogens (tertiary/aromatic N) is 3. The van der Waals surface area contributed by atoms with Gasteiger partial charge in [0.25, 0.3) is 0 Å². The maximum absolute atomic E-state index is 11.7. The van der Waals surface area contributed by atoms with Gasteiger partial charge in [-0.05, 0) is 25.5 Å². The molecule has 0 atom stereocenters. The highest BCUT2D eigenvalue weighted by atomic mass is 16.5. The lowest BCUT2D eigenvalue weighted by atomic mass is 10.3. The highest BCUT2D eigenvalue weighted by molar-refractivity contribution is 5.68. The van der Waals surface area contributed by atoms with Gasteiger partial charge in [0.1, 0.15) is 6.61 Å². The normalized spacial score (nSPS) is 11.7. The first kappa shape index (κ1) is 17.5. The molecule has 6 nitrogen and oxygen atoms in total. The van der Waals surface area contributed by atoms with E-state index in [1.165, 1.54) is 6.20 Å². The molecule has 0 bridgehead atoms. The van der Waals surface area contributed by atoms with E-state index < -0.39 is 6.09 Å². The van der Waals surface area contributed by atoms with E-state index in [2.05, 4.69) is 10.1 Å². The third kappa shape index (κ3) is 5.08. The Hall–Kier alpha value is -2.89. The third-order valence-corrected chi connectivity index (χ3v) is 3.00. The van der Waals surface area contributed by atoms with Crippen molar-refractivity contribution in [2.45, 2.75) is 20.3 Å². The second kappa shape index (κ2) is 9.29. The van der Waals surface area contributed by atoms with Crippen LogP contribution in [0.1, 0.15) is 20.3 Å². The predicted molar refractivity (Wildman–Crippen MR) is 91.1 cm³/mol. The van der Waals surface area contributed by atoms with Gasteiger partial charge < -0.3 is 9.47 Å². The fourth-order valence-electron chi connectivity index (χ4n) is 1.89. The van der Waals surface area contributed by atoms with E-state index in [1.54, 1.807) is 22.9 Å². The van der Waals surface area contributed by atoms with Crippen molar-refractivity contribution in [3.8, 4) is 11.6 Å². The van der Waals surface area contributed by atoms with Crippen molar-refractivity contribution in [1.82, 2.24) is 9.78 Å². The van der Waals surface area contributed by atoms with Gasteiger partial charge in [-0.1, -0.05) is 37.3 Å². The summed E-state index contributed by atoms with van der Waals surface area (Å²) < 4.78 is 12.4. The number of carbonyl (C=O) groups is 1. The van der Waals surface area contributed by atoms with Gasteiger partial charge in [0.05, 0.1) is 23.8 Å². The van der Waals surface area contributed by atoms with Gasteiger partial charge in [-0.2, -0.15) is 10.1 Å². The minimum atomic E-state index is -0.659. The molecule has 2 aromatic rings. The molecular formula is C18H21N3O3. The summed E-state index contributed by atoms with van der Waals surface area (Å²) in [5.41, 5.74) is 0.866. The number of carbonyl (C=O) groups excluding carboxylic acids is 1. The van der Waals surface area contributed by atoms with Crippen molar-refractivity contribution >= 4 is 6.09 Å². The van der Waals surface area contributed by atoms with Crippen molar-refractivity contribution in [3.05, 3.63) is 60.1 Å². The molecule has 0 radical (unpaired) electrons. The summed E-state index contributed by atoms with van der Waals surface area (Å²) in [6.45, 7) is 4.62. The van der Waals surface area contributed by atoms with Crippen LogP contribution >= 0.6 is 0 Å². The van der Waals surface area contributed by atoms with Crippen LogP contribution in [0.4, 0.5) is 4.79 Å². The fraction of sp³-hybridized carbons (Fsp3) is 0.278. The Morgan fingerprint density at radius 1 is 1.33 bits per heavy atom. The van der Waals surface area contributed by atoms with Gasteiger partial charge >= 0.3 is 6.09 Å². The van der Waals surface area contributed by atoms with Gasteiger partial charge in [0.15, 0.2) is 0 Å². The molecular weight excluding hydrogens is 306 g/mol. The van der Waals surface area contributed by atoms with E-state index in [4.69, 9.17) is 9.47 Å². The predicted octanol–water partition coefficient (Wildman–Crippen LogP) is 3.27. The molecule has 2 rings (SSSR count). The van der Waals surface area contributed by atoms with Crippen LogP contribution in [-0.2, 0) is 4.74 Å². The van der Waals surface area contributed by atoms with Crippen LogP contribution < -0.4 is 10.1 Å². The summed E-state index contributed by atoms with van der Waals surface area (Å²) in [6, 6.07) is 11.3. The zero-order valence-corrected chi connectivity index (χ0v) is 13.9. The third-order valence-electron chi connectivity index (χ3n) is 3.00. The minimum Gasteiger partial charge on any atom is -0.478 e. The Kier molecular flexibility index (Phi) is 6.76. The smallest absolute Gasteiger partial charge is 0.434 e. The molecule has 1 aromatic carbocycles. The zero-order valence-electron chi connectivity index (χ0n) is 13.9. The molecule has 24 heavy (non-hydrogen) atoms. The molecule has 1 heterocycles. The molecule has 126 valence electrons. The van der Waals surface area contributed by atoms with E-state index in [0.29, 0.717) is 17.8 Å². The van der Waals surface area contributed by atoms with Crippen LogP contribution in [0.5, 0.6) is 5.88 Å². The minimum absolute atomic E-state index is 0.197. The number of ether oxygens (including phenoxy) is 2. The van der Waals surface area contributed by atoms with Crippen LogP contribution in [0.3, 0.4) is 0 Å². The molecule has 0 spiro atoms. The molecule has 0 saturated heterocycles. The monoisotopic (exact) mass is 327 g/mol. The van der Waals surface area contributed by atoms with Crippen LogP contribution in [0, 0.1) is 0 Å². The van der Waals surface area contributed by atoms with Crippen molar-refractivity contribution < 1.29 is 14.3 Å². The number of benzene rings is 1. The molecule has 1 aromatic heterocycles. The van der Waals surface area contributed by atoms with E-state index in [9.17, 15) is 4.79 Å². The SMILES string of the molecule is C/C=C/COC(=O)/N=c1/cnn(-c2ccccc2)c(OCCC)c1. The topological polar surface area (TPSA) is 65.7 Å². The molecule has 0 saturated carbocycles. The lowest BCUT2D eigenvalue weighted by Crippen LogP contribution is -2.16. The Balaban J connectivity index is 2.30. The summed E-state index contributed by atoms with van der Waals surface area (Å²) in [5, 5.41) is 4.72. The second-order valence-electron chi connectivity index (χ2n) is 4.91. The van der Waals surface area contributed by atoms with Gasteiger partial charge in [-0.25, -0.2) is 9.48 Å². The van der Waals surface area contributed by atoms with E-state index in [-0.39, 0.29) is 6.61 Å². The van der Waals surface area contributed by atoms with Crippen LogP contribution in [0.25, 0.3) is 5.69 Å². The second-order valence-corrected chi connectivity index (χ2v) is 4.91. The summed E-state index contributed by atoms with van der Waals surface area (Å²) in [6.07, 6.45) is 5.24. The number of allylic oxidation sites excluding steroid dienone is 1. The number of aromatic nitrogens is 2. The lowest BCUT2D eigenvalue weighted by molar-refractivity contribution is 0.168. The molecule has 0 fully saturated rings. The van der Waals surface area contributed by atoms with Crippen LogP contribution in [-0.4, -0.2) is 29.1 Å². The average molecular weight is 327 g/mol. The highest BCUT2D eigenvalue weighted by Crippen LogP contribution is 2.14. The first-order valence-electron chi connectivity index (χ1n) is 7.85. The Morgan fingerprint density at radius 3 is 2.83 bits per heavy atom. The molecule has 1 amide bonds. The van der Waals surface area contributed by atoms with E-state index in [0.717, 1.165) is 12.1 Å². The van der Waals surface area contributed by atoms with Crippen molar-refractivity contribution in [2.75, 3.05) is 13.2 Å². The van der Waals surface area contributed by atoms with Gasteiger partial charge in [-0.15, -0.1) is 0 Å². The molecule has 0 unspecified atom stereocenters. The van der Waals surface area contributed by atoms with E-state index >= 15 is 0 Å². The number of hydrogen-bond donors (Lipinski definition) is 0. The first-order chi connectivity index (χ1) is 11.7.